The molecule has 0 spiro atoms. The third-order valence-corrected chi connectivity index (χ3v) is 3.70. The summed E-state index contributed by atoms with van der Waals surface area (Å²) in [6.45, 7) is 11.6. The summed E-state index contributed by atoms with van der Waals surface area (Å²) in [5.74, 6) is 0.826. The minimum absolute atomic E-state index is 0.509. The van der Waals surface area contributed by atoms with E-state index in [1.165, 1.54) is 6.42 Å². The number of hydrogen-bond donors (Lipinski definition) is 0. The van der Waals surface area contributed by atoms with Gasteiger partial charge in [-0.2, -0.15) is 0 Å². The van der Waals surface area contributed by atoms with Gasteiger partial charge in [-0.05, 0) is 17.8 Å². The molecule has 0 N–H and O–H groups in total. The largest absolute Gasteiger partial charge is 0.0823 e. The fourth-order valence-electron chi connectivity index (χ4n) is 1.21. The van der Waals surface area contributed by atoms with Crippen LogP contribution in [0.25, 0.3) is 0 Å². The van der Waals surface area contributed by atoms with Crippen molar-refractivity contribution in [3.8, 4) is 0 Å². The van der Waals surface area contributed by atoms with Crippen LogP contribution in [0.15, 0.2) is 0 Å². The summed E-state index contributed by atoms with van der Waals surface area (Å²) in [7, 11) is 0. The molecule has 0 aliphatic carbocycles. The van der Waals surface area contributed by atoms with Crippen molar-refractivity contribution in [2.45, 2.75) is 45.0 Å². The summed E-state index contributed by atoms with van der Waals surface area (Å²) in [6.07, 6.45) is 1.33. The van der Waals surface area contributed by atoms with E-state index < -0.39 is 0 Å². The summed E-state index contributed by atoms with van der Waals surface area (Å²) in [6, 6.07) is 0. The van der Waals surface area contributed by atoms with Crippen LogP contribution in [0.1, 0.15) is 41.0 Å². The van der Waals surface area contributed by atoms with Crippen molar-refractivity contribution in [2.24, 2.45) is 11.3 Å². The molecule has 0 aromatic rings. The van der Waals surface area contributed by atoms with Crippen LogP contribution < -0.4 is 0 Å². The zero-order valence-electron chi connectivity index (χ0n) is 7.74. The Kier molecular flexibility index (Phi) is 4.22. The Bertz CT molecular complexity index is 92.9. The zero-order valence-corrected chi connectivity index (χ0v) is 9.90. The highest BCUT2D eigenvalue weighted by Crippen LogP contribution is 2.33. The summed E-state index contributed by atoms with van der Waals surface area (Å²) >= 11 is 2.52. The zero-order chi connectivity index (χ0) is 8.36. The van der Waals surface area contributed by atoms with Gasteiger partial charge in [0.25, 0.3) is 0 Å². The summed E-state index contributed by atoms with van der Waals surface area (Å²) in [5.41, 5.74) is 0.509. The van der Waals surface area contributed by atoms with Gasteiger partial charge in [0.15, 0.2) is 0 Å². The first-order chi connectivity index (χ1) is 4.36. The molecule has 0 saturated heterocycles. The minimum atomic E-state index is 0.509. The highest BCUT2D eigenvalue weighted by atomic mass is 127. The Labute approximate surface area is 78.9 Å². The molecular weight excluding hydrogens is 235 g/mol. The molecule has 0 heterocycles. The molecule has 0 aromatic carbocycles. The van der Waals surface area contributed by atoms with Gasteiger partial charge in [-0.25, -0.2) is 0 Å². The molecule has 0 aliphatic rings. The maximum atomic E-state index is 2.52. The van der Waals surface area contributed by atoms with Crippen LogP contribution in [0, 0.1) is 11.3 Å². The Hall–Kier alpha value is 0.730. The lowest BCUT2D eigenvalue weighted by Crippen LogP contribution is -2.23. The van der Waals surface area contributed by atoms with Crippen molar-refractivity contribution in [2.75, 3.05) is 0 Å². The molecule has 0 rings (SSSR count). The van der Waals surface area contributed by atoms with Crippen molar-refractivity contribution in [1.29, 1.82) is 0 Å². The van der Waals surface area contributed by atoms with E-state index in [2.05, 4.69) is 57.2 Å². The van der Waals surface area contributed by atoms with Gasteiger partial charge in [0.1, 0.15) is 0 Å². The van der Waals surface area contributed by atoms with Crippen molar-refractivity contribution < 1.29 is 0 Å². The van der Waals surface area contributed by atoms with Crippen LogP contribution in [-0.4, -0.2) is 3.92 Å². The molecule has 0 nitrogen and oxygen atoms in total. The van der Waals surface area contributed by atoms with Gasteiger partial charge < -0.3 is 0 Å². The molecule has 0 amide bonds. The van der Waals surface area contributed by atoms with Crippen molar-refractivity contribution in [3.05, 3.63) is 0 Å². The predicted octanol–water partition coefficient (Wildman–Crippen LogP) is 3.88. The van der Waals surface area contributed by atoms with Gasteiger partial charge in [-0.15, -0.1) is 0 Å². The lowest BCUT2D eigenvalue weighted by atomic mass is 9.82. The second-order valence-corrected chi connectivity index (χ2v) is 6.07. The van der Waals surface area contributed by atoms with E-state index in [4.69, 9.17) is 0 Å². The van der Waals surface area contributed by atoms with E-state index in [0.717, 1.165) is 9.84 Å². The van der Waals surface area contributed by atoms with Crippen LogP contribution in [0.5, 0.6) is 0 Å². The number of alkyl halides is 1. The first-order valence-electron chi connectivity index (χ1n) is 4.00. The standard InChI is InChI=1S/C9H19I/c1-7(2)6-9(4,5)8(3)10/h7-8H,6H2,1-5H3. The molecule has 1 atom stereocenters. The Morgan fingerprint density at radius 2 is 1.60 bits per heavy atom. The van der Waals surface area contributed by atoms with Gasteiger partial charge in [-0.1, -0.05) is 57.2 Å². The maximum absolute atomic E-state index is 2.52. The number of halogens is 1. The van der Waals surface area contributed by atoms with Gasteiger partial charge in [0.2, 0.25) is 0 Å². The Balaban J connectivity index is 3.87. The van der Waals surface area contributed by atoms with E-state index in [9.17, 15) is 0 Å². The predicted molar refractivity (Wildman–Crippen MR) is 56.7 cm³/mol. The second kappa shape index (κ2) is 3.93. The van der Waals surface area contributed by atoms with Crippen LogP contribution in [0.3, 0.4) is 0 Å². The van der Waals surface area contributed by atoms with E-state index in [-0.39, 0.29) is 0 Å². The van der Waals surface area contributed by atoms with E-state index in [1.807, 2.05) is 0 Å². The highest BCUT2D eigenvalue weighted by Gasteiger charge is 2.24. The summed E-state index contributed by atoms with van der Waals surface area (Å²) < 4.78 is 0.771. The average Bonchev–Trinajstić information content (AvgIpc) is 1.60. The highest BCUT2D eigenvalue weighted by molar-refractivity contribution is 14.1. The van der Waals surface area contributed by atoms with Crippen LogP contribution >= 0.6 is 22.6 Å². The van der Waals surface area contributed by atoms with Crippen molar-refractivity contribution >= 4 is 22.6 Å². The first-order valence-corrected chi connectivity index (χ1v) is 5.25. The first kappa shape index (κ1) is 10.7. The monoisotopic (exact) mass is 254 g/mol. The van der Waals surface area contributed by atoms with E-state index in [1.54, 1.807) is 0 Å². The quantitative estimate of drug-likeness (QED) is 0.529. The topological polar surface area (TPSA) is 0 Å². The fourth-order valence-corrected chi connectivity index (χ4v) is 1.47. The van der Waals surface area contributed by atoms with Crippen LogP contribution in [-0.2, 0) is 0 Å². The van der Waals surface area contributed by atoms with Crippen LogP contribution in [0.4, 0.5) is 0 Å². The summed E-state index contributed by atoms with van der Waals surface area (Å²) in [5, 5.41) is 0. The molecule has 0 aromatic heterocycles. The average molecular weight is 254 g/mol. The Morgan fingerprint density at radius 3 is 1.70 bits per heavy atom. The molecule has 0 aliphatic heterocycles. The summed E-state index contributed by atoms with van der Waals surface area (Å²) in [4.78, 5) is 0. The molecule has 0 fully saturated rings. The molecule has 10 heavy (non-hydrogen) atoms. The van der Waals surface area contributed by atoms with Gasteiger partial charge in [0.05, 0.1) is 0 Å². The third-order valence-electron chi connectivity index (χ3n) is 2.01. The van der Waals surface area contributed by atoms with Crippen molar-refractivity contribution in [1.82, 2.24) is 0 Å². The third kappa shape index (κ3) is 3.79. The molecule has 1 heteroatoms. The fraction of sp³-hybridized carbons (Fsp3) is 1.00. The van der Waals surface area contributed by atoms with Crippen LogP contribution in [0.2, 0.25) is 0 Å². The lowest BCUT2D eigenvalue weighted by Gasteiger charge is -2.29. The van der Waals surface area contributed by atoms with E-state index >= 15 is 0 Å². The molecule has 62 valence electrons. The SMILES string of the molecule is CC(C)CC(C)(C)C(C)I. The lowest BCUT2D eigenvalue weighted by molar-refractivity contribution is 0.294. The van der Waals surface area contributed by atoms with Gasteiger partial charge >= 0.3 is 0 Å². The second-order valence-electron chi connectivity index (χ2n) is 4.20. The molecule has 1 unspecified atom stereocenters. The minimum Gasteiger partial charge on any atom is -0.0823 e. The molecule has 0 saturated carbocycles. The van der Waals surface area contributed by atoms with E-state index in [0.29, 0.717) is 5.41 Å². The number of rotatable bonds is 3. The Morgan fingerprint density at radius 1 is 1.20 bits per heavy atom. The van der Waals surface area contributed by atoms with Gasteiger partial charge in [-0.3, -0.25) is 0 Å². The normalized spacial score (nSPS) is 15.9. The number of hydrogen-bond acceptors (Lipinski definition) is 0. The van der Waals surface area contributed by atoms with Crippen molar-refractivity contribution in [3.63, 3.8) is 0 Å². The molecule has 0 bridgehead atoms. The smallest absolute Gasteiger partial charge is 0.0133 e. The van der Waals surface area contributed by atoms with Gasteiger partial charge in [0, 0.05) is 3.92 Å². The maximum Gasteiger partial charge on any atom is 0.0133 e. The molecule has 0 radical (unpaired) electrons. The molecular formula is C9H19I.